The molecule has 1 unspecified atom stereocenters. The molecule has 0 saturated heterocycles. The van der Waals surface area contributed by atoms with Crippen molar-refractivity contribution in [1.82, 2.24) is 5.32 Å². The zero-order chi connectivity index (χ0) is 19.8. The highest BCUT2D eigenvalue weighted by Crippen LogP contribution is 2.25. The normalized spacial score (nSPS) is 13.5. The van der Waals surface area contributed by atoms with Crippen LogP contribution in [0, 0.1) is 0 Å². The van der Waals surface area contributed by atoms with E-state index in [1.165, 1.54) is 17.5 Å². The molecular weight excluding hydrogens is 372 g/mol. The van der Waals surface area contributed by atoms with Gasteiger partial charge in [-0.3, -0.25) is 9.59 Å². The van der Waals surface area contributed by atoms with E-state index in [4.69, 9.17) is 4.74 Å². The average Bonchev–Trinajstić information content (AvgIpc) is 3.18. The quantitative estimate of drug-likeness (QED) is 0.679. The number of rotatable bonds is 9. The number of hydrogen-bond acceptors (Lipinski definition) is 4. The first kappa shape index (κ1) is 20.3. The summed E-state index contributed by atoms with van der Waals surface area (Å²) in [6.45, 7) is -0.119. The highest BCUT2D eigenvalue weighted by Gasteiger charge is 2.21. The van der Waals surface area contributed by atoms with Gasteiger partial charge in [0.15, 0.2) is 6.61 Å². The van der Waals surface area contributed by atoms with Gasteiger partial charge in [-0.15, -0.1) is 0 Å². The van der Waals surface area contributed by atoms with Gasteiger partial charge in [-0.25, -0.2) is 0 Å². The van der Waals surface area contributed by atoms with E-state index in [0.717, 1.165) is 24.3 Å². The second-order valence-corrected chi connectivity index (χ2v) is 7.82. The summed E-state index contributed by atoms with van der Waals surface area (Å²) in [6.07, 6.45) is 5.88. The molecule has 2 amide bonds. The van der Waals surface area contributed by atoms with Crippen LogP contribution in [0.2, 0.25) is 0 Å². The van der Waals surface area contributed by atoms with E-state index in [1.807, 2.05) is 36.6 Å². The predicted molar refractivity (Wildman–Crippen MR) is 114 cm³/mol. The third-order valence-electron chi connectivity index (χ3n) is 4.74. The molecule has 0 aromatic heterocycles. The molecule has 0 fully saturated rings. The fraction of sp³-hybridized carbons (Fsp3) is 0.364. The van der Waals surface area contributed by atoms with E-state index in [0.29, 0.717) is 12.2 Å². The van der Waals surface area contributed by atoms with Gasteiger partial charge >= 0.3 is 0 Å². The number of nitrogens with one attached hydrogen (secondary N) is 2. The molecule has 2 N–H and O–H groups in total. The smallest absolute Gasteiger partial charge is 0.258 e. The highest BCUT2D eigenvalue weighted by atomic mass is 32.2. The van der Waals surface area contributed by atoms with Crippen LogP contribution in [-0.2, 0) is 22.4 Å². The lowest BCUT2D eigenvalue weighted by Gasteiger charge is -2.19. The predicted octanol–water partition coefficient (Wildman–Crippen LogP) is 3.43. The van der Waals surface area contributed by atoms with Crippen LogP contribution in [0.3, 0.4) is 0 Å². The van der Waals surface area contributed by atoms with Crippen LogP contribution in [0.25, 0.3) is 0 Å². The zero-order valence-electron chi connectivity index (χ0n) is 16.1. The van der Waals surface area contributed by atoms with E-state index in [-0.39, 0.29) is 18.4 Å². The lowest BCUT2D eigenvalue weighted by molar-refractivity contribution is -0.127. The Hall–Kier alpha value is -2.47. The maximum atomic E-state index is 12.8. The Morgan fingerprint density at radius 2 is 1.89 bits per heavy atom. The van der Waals surface area contributed by atoms with Crippen molar-refractivity contribution in [1.29, 1.82) is 0 Å². The Balaban J connectivity index is 1.57. The summed E-state index contributed by atoms with van der Waals surface area (Å²) in [4.78, 5) is 25.0. The Morgan fingerprint density at radius 1 is 1.11 bits per heavy atom. The summed E-state index contributed by atoms with van der Waals surface area (Å²) in [7, 11) is 0. The number of fused-ring (bicyclic) bond motifs is 1. The van der Waals surface area contributed by atoms with Gasteiger partial charge in [-0.2, -0.15) is 11.8 Å². The van der Waals surface area contributed by atoms with Gasteiger partial charge in [-0.1, -0.05) is 24.3 Å². The third kappa shape index (κ3) is 5.76. The molecule has 1 aliphatic carbocycles. The molecule has 28 heavy (non-hydrogen) atoms. The summed E-state index contributed by atoms with van der Waals surface area (Å²) >= 11 is 1.64. The first-order valence-corrected chi connectivity index (χ1v) is 10.9. The fourth-order valence-corrected chi connectivity index (χ4v) is 3.76. The summed E-state index contributed by atoms with van der Waals surface area (Å²) in [6, 6.07) is 14.6. The van der Waals surface area contributed by atoms with Crippen LogP contribution in [-0.4, -0.2) is 36.5 Å². The molecule has 6 heteroatoms. The largest absolute Gasteiger partial charge is 0.484 e. The van der Waals surface area contributed by atoms with E-state index in [9.17, 15) is 9.59 Å². The third-order valence-corrected chi connectivity index (χ3v) is 5.39. The van der Waals surface area contributed by atoms with E-state index in [2.05, 4.69) is 16.7 Å². The minimum absolute atomic E-state index is 0.119. The molecule has 1 atom stereocenters. The van der Waals surface area contributed by atoms with Crippen LogP contribution in [0.5, 0.6) is 5.75 Å². The highest BCUT2D eigenvalue weighted by molar-refractivity contribution is 7.98. The number of thioether (sulfide) groups is 1. The molecule has 0 radical (unpaired) electrons. The van der Waals surface area contributed by atoms with Crippen LogP contribution in [0.15, 0.2) is 48.5 Å². The molecule has 0 aliphatic heterocycles. The molecule has 2 aromatic carbocycles. The first-order valence-electron chi connectivity index (χ1n) is 9.54. The average molecular weight is 399 g/mol. The van der Waals surface area contributed by atoms with Crippen molar-refractivity contribution in [2.24, 2.45) is 0 Å². The van der Waals surface area contributed by atoms with Gasteiger partial charge in [0.05, 0.1) is 0 Å². The molecule has 2 aromatic rings. The van der Waals surface area contributed by atoms with E-state index >= 15 is 0 Å². The van der Waals surface area contributed by atoms with Crippen molar-refractivity contribution in [2.75, 3.05) is 23.9 Å². The van der Waals surface area contributed by atoms with E-state index < -0.39 is 6.04 Å². The van der Waals surface area contributed by atoms with E-state index in [1.54, 1.807) is 23.9 Å². The summed E-state index contributed by atoms with van der Waals surface area (Å²) in [5, 5.41) is 5.76. The molecule has 0 heterocycles. The van der Waals surface area contributed by atoms with Crippen molar-refractivity contribution in [3.05, 3.63) is 59.7 Å². The molecule has 5 nitrogen and oxygen atoms in total. The van der Waals surface area contributed by atoms with Gasteiger partial charge in [0.1, 0.15) is 11.8 Å². The molecular formula is C22H26N2O3S. The molecule has 148 valence electrons. The first-order chi connectivity index (χ1) is 13.7. The number of benzene rings is 2. The standard InChI is InChI=1S/C22H26N2O3S/c1-28-13-12-20(24-21(25)15-27-19-8-3-2-4-9-19)22(26)23-18-11-10-16-6-5-7-17(16)14-18/h2-4,8-11,14,20H,5-7,12-13,15H2,1H3,(H,23,26)(H,24,25). The number of amides is 2. The Morgan fingerprint density at radius 3 is 2.68 bits per heavy atom. The minimum atomic E-state index is -0.590. The zero-order valence-corrected chi connectivity index (χ0v) is 16.9. The second kappa shape index (κ2) is 10.2. The van der Waals surface area contributed by atoms with Crippen molar-refractivity contribution >= 4 is 29.3 Å². The SMILES string of the molecule is CSCCC(NC(=O)COc1ccccc1)C(=O)Nc1ccc2c(c1)CCC2. The van der Waals surface area contributed by atoms with Gasteiger partial charge < -0.3 is 15.4 Å². The summed E-state index contributed by atoms with van der Waals surface area (Å²) in [5.41, 5.74) is 3.46. The topological polar surface area (TPSA) is 67.4 Å². The monoisotopic (exact) mass is 398 g/mol. The Labute approximate surface area is 170 Å². The number of carbonyl (C=O) groups is 2. The Kier molecular flexibility index (Phi) is 7.37. The van der Waals surface area contributed by atoms with Gasteiger partial charge in [-0.05, 0) is 73.1 Å². The van der Waals surface area contributed by atoms with Crippen molar-refractivity contribution < 1.29 is 14.3 Å². The molecule has 1 aliphatic rings. The second-order valence-electron chi connectivity index (χ2n) is 6.83. The van der Waals surface area contributed by atoms with Crippen molar-refractivity contribution in [3.63, 3.8) is 0 Å². The van der Waals surface area contributed by atoms with Crippen LogP contribution < -0.4 is 15.4 Å². The Bertz CT molecular complexity index is 811. The van der Waals surface area contributed by atoms with Crippen LogP contribution in [0.4, 0.5) is 5.69 Å². The maximum absolute atomic E-state index is 12.8. The van der Waals surface area contributed by atoms with Crippen LogP contribution in [0.1, 0.15) is 24.0 Å². The number of anilines is 1. The summed E-state index contributed by atoms with van der Waals surface area (Å²) in [5.74, 6) is 0.905. The maximum Gasteiger partial charge on any atom is 0.258 e. The van der Waals surface area contributed by atoms with Crippen LogP contribution >= 0.6 is 11.8 Å². The number of hydrogen-bond donors (Lipinski definition) is 2. The lowest BCUT2D eigenvalue weighted by atomic mass is 10.1. The molecule has 0 saturated carbocycles. The van der Waals surface area contributed by atoms with Gasteiger partial charge in [0, 0.05) is 5.69 Å². The number of aryl methyl sites for hydroxylation is 2. The van der Waals surface area contributed by atoms with Crippen molar-refractivity contribution in [2.45, 2.75) is 31.7 Å². The number of carbonyl (C=O) groups excluding carboxylic acids is 2. The number of para-hydroxylation sites is 1. The molecule has 0 spiro atoms. The van der Waals surface area contributed by atoms with Gasteiger partial charge in [0.25, 0.3) is 5.91 Å². The minimum Gasteiger partial charge on any atom is -0.484 e. The lowest BCUT2D eigenvalue weighted by Crippen LogP contribution is -2.45. The molecule has 3 rings (SSSR count). The summed E-state index contributed by atoms with van der Waals surface area (Å²) < 4.78 is 5.47. The fourth-order valence-electron chi connectivity index (χ4n) is 3.29. The van der Waals surface area contributed by atoms with Crippen molar-refractivity contribution in [3.8, 4) is 5.75 Å². The molecule has 0 bridgehead atoms. The van der Waals surface area contributed by atoms with Gasteiger partial charge in [0.2, 0.25) is 5.91 Å². The number of ether oxygens (including phenoxy) is 1.